The number of rotatable bonds is 4. The Balaban J connectivity index is 2.11. The Morgan fingerprint density at radius 3 is 2.72 bits per heavy atom. The number of aromatic nitrogens is 2. The Hall–Kier alpha value is -1.19. The molecule has 1 aromatic heterocycles. The van der Waals surface area contributed by atoms with Gasteiger partial charge in [-0.05, 0) is 31.1 Å². The van der Waals surface area contributed by atoms with Crippen LogP contribution in [-0.2, 0) is 6.42 Å². The summed E-state index contributed by atoms with van der Waals surface area (Å²) in [6, 6.07) is 0.337. The van der Waals surface area contributed by atoms with Gasteiger partial charge in [-0.15, -0.1) is 0 Å². The van der Waals surface area contributed by atoms with Crippen LogP contribution in [0.1, 0.15) is 45.7 Å². The highest BCUT2D eigenvalue weighted by Gasteiger charge is 2.32. The highest BCUT2D eigenvalue weighted by molar-refractivity contribution is 5.38. The van der Waals surface area contributed by atoms with Crippen LogP contribution in [0.5, 0.6) is 0 Å². The van der Waals surface area contributed by atoms with Gasteiger partial charge < -0.3 is 5.32 Å². The van der Waals surface area contributed by atoms with Gasteiger partial charge in [0.1, 0.15) is 6.33 Å². The van der Waals surface area contributed by atoms with Crippen LogP contribution in [0.15, 0.2) is 6.33 Å². The van der Waals surface area contributed by atoms with Crippen LogP contribution in [0.25, 0.3) is 0 Å². The van der Waals surface area contributed by atoms with E-state index in [1.807, 2.05) is 6.92 Å². The first kappa shape index (κ1) is 13.2. The van der Waals surface area contributed by atoms with Gasteiger partial charge >= 0.3 is 0 Å². The number of nitrogens with zero attached hydrogens (tertiary/aromatic N) is 2. The van der Waals surface area contributed by atoms with Crippen LogP contribution in [0, 0.1) is 17.7 Å². The molecule has 100 valence electrons. The van der Waals surface area contributed by atoms with Gasteiger partial charge in [0.25, 0.3) is 0 Å². The Morgan fingerprint density at radius 1 is 1.33 bits per heavy atom. The van der Waals surface area contributed by atoms with Crippen LogP contribution < -0.4 is 5.32 Å². The van der Waals surface area contributed by atoms with Gasteiger partial charge in [-0.25, -0.2) is 14.4 Å². The third kappa shape index (κ3) is 2.47. The molecule has 1 aliphatic carbocycles. The molecule has 0 saturated heterocycles. The molecule has 1 aromatic rings. The summed E-state index contributed by atoms with van der Waals surface area (Å²) in [5.41, 5.74) is 0.491. The molecule has 1 saturated carbocycles. The zero-order valence-corrected chi connectivity index (χ0v) is 11.4. The zero-order valence-electron chi connectivity index (χ0n) is 11.4. The van der Waals surface area contributed by atoms with Crippen molar-refractivity contribution in [3.05, 3.63) is 17.8 Å². The van der Waals surface area contributed by atoms with Gasteiger partial charge in [0.15, 0.2) is 11.6 Å². The van der Waals surface area contributed by atoms with E-state index >= 15 is 0 Å². The third-order valence-corrected chi connectivity index (χ3v) is 4.27. The lowest BCUT2D eigenvalue weighted by atomic mass is 9.93. The Bertz CT molecular complexity index is 408. The molecule has 0 spiro atoms. The fraction of sp³-hybridized carbons (Fsp3) is 0.714. The zero-order chi connectivity index (χ0) is 13.1. The molecule has 0 aliphatic heterocycles. The van der Waals surface area contributed by atoms with Gasteiger partial charge in [-0.2, -0.15) is 0 Å². The van der Waals surface area contributed by atoms with E-state index in [4.69, 9.17) is 0 Å². The normalized spacial score (nSPS) is 27.4. The molecule has 3 nitrogen and oxygen atoms in total. The molecular weight excluding hydrogens is 229 g/mol. The largest absolute Gasteiger partial charge is 0.365 e. The predicted molar refractivity (Wildman–Crippen MR) is 71.0 cm³/mol. The number of aryl methyl sites for hydroxylation is 1. The average Bonchev–Trinajstić information content (AvgIpc) is 2.73. The van der Waals surface area contributed by atoms with Crippen LogP contribution in [0.4, 0.5) is 10.2 Å². The Labute approximate surface area is 108 Å². The highest BCUT2D eigenvalue weighted by atomic mass is 19.1. The van der Waals surface area contributed by atoms with Crippen molar-refractivity contribution in [1.82, 2.24) is 9.97 Å². The fourth-order valence-electron chi connectivity index (χ4n) is 2.96. The molecule has 18 heavy (non-hydrogen) atoms. The van der Waals surface area contributed by atoms with E-state index in [0.29, 0.717) is 29.9 Å². The van der Waals surface area contributed by atoms with Crippen molar-refractivity contribution in [2.24, 2.45) is 11.8 Å². The number of hydrogen-bond donors (Lipinski definition) is 1. The van der Waals surface area contributed by atoms with Crippen LogP contribution >= 0.6 is 0 Å². The lowest BCUT2D eigenvalue weighted by Crippen LogP contribution is -2.26. The molecule has 4 heteroatoms. The van der Waals surface area contributed by atoms with E-state index < -0.39 is 0 Å². The quantitative estimate of drug-likeness (QED) is 0.891. The number of hydrogen-bond acceptors (Lipinski definition) is 3. The summed E-state index contributed by atoms with van der Waals surface area (Å²) < 4.78 is 14.0. The second-order valence-electron chi connectivity index (χ2n) is 5.19. The molecule has 3 unspecified atom stereocenters. The summed E-state index contributed by atoms with van der Waals surface area (Å²) >= 11 is 0. The first-order valence-corrected chi connectivity index (χ1v) is 6.93. The SMILES string of the molecule is CCc1ncnc(NC2CCC(CC)C2C)c1F. The minimum atomic E-state index is -0.285. The van der Waals surface area contributed by atoms with Crippen molar-refractivity contribution in [1.29, 1.82) is 0 Å². The maximum Gasteiger partial charge on any atom is 0.186 e. The van der Waals surface area contributed by atoms with Gasteiger partial charge in [0.2, 0.25) is 0 Å². The second kappa shape index (κ2) is 5.63. The maximum atomic E-state index is 14.0. The minimum Gasteiger partial charge on any atom is -0.365 e. The fourth-order valence-corrected chi connectivity index (χ4v) is 2.96. The van der Waals surface area contributed by atoms with Gasteiger partial charge in [0, 0.05) is 6.04 Å². The van der Waals surface area contributed by atoms with Crippen molar-refractivity contribution in [3.8, 4) is 0 Å². The molecule has 3 atom stereocenters. The average molecular weight is 251 g/mol. The number of halogens is 1. The molecular formula is C14H22FN3. The molecule has 0 radical (unpaired) electrons. The van der Waals surface area contributed by atoms with E-state index in [2.05, 4.69) is 29.1 Å². The monoisotopic (exact) mass is 251 g/mol. The first-order chi connectivity index (χ1) is 8.67. The van der Waals surface area contributed by atoms with Crippen LogP contribution in [-0.4, -0.2) is 16.0 Å². The molecule has 1 heterocycles. The summed E-state index contributed by atoms with van der Waals surface area (Å²) in [4.78, 5) is 7.99. The summed E-state index contributed by atoms with van der Waals surface area (Å²) in [5.74, 6) is 1.41. The summed E-state index contributed by atoms with van der Waals surface area (Å²) in [6.45, 7) is 6.38. The molecule has 1 aliphatic rings. The summed E-state index contributed by atoms with van der Waals surface area (Å²) in [7, 11) is 0. The topological polar surface area (TPSA) is 37.8 Å². The van der Waals surface area contributed by atoms with E-state index in [9.17, 15) is 4.39 Å². The van der Waals surface area contributed by atoms with E-state index in [1.54, 1.807) is 0 Å². The van der Waals surface area contributed by atoms with Crippen molar-refractivity contribution >= 4 is 5.82 Å². The maximum absolute atomic E-state index is 14.0. The smallest absolute Gasteiger partial charge is 0.186 e. The highest BCUT2D eigenvalue weighted by Crippen LogP contribution is 2.35. The van der Waals surface area contributed by atoms with E-state index in [1.165, 1.54) is 19.2 Å². The number of nitrogens with one attached hydrogen (secondary N) is 1. The standard InChI is InChI=1S/C14H22FN3/c1-4-10-6-7-12(9(10)3)18-14-13(15)11(5-2)16-8-17-14/h8-10,12H,4-7H2,1-3H3,(H,16,17,18). The molecule has 0 amide bonds. The Morgan fingerprint density at radius 2 is 2.11 bits per heavy atom. The number of anilines is 1. The second-order valence-corrected chi connectivity index (χ2v) is 5.19. The minimum absolute atomic E-state index is 0.285. The van der Waals surface area contributed by atoms with Gasteiger partial charge in [0.05, 0.1) is 5.69 Å². The molecule has 1 N–H and O–H groups in total. The Kier molecular flexibility index (Phi) is 4.15. The molecule has 1 fully saturated rings. The van der Waals surface area contributed by atoms with Crippen molar-refractivity contribution in [2.45, 2.75) is 52.5 Å². The molecule has 0 bridgehead atoms. The molecule has 0 aromatic carbocycles. The third-order valence-electron chi connectivity index (χ3n) is 4.27. The summed E-state index contributed by atoms with van der Waals surface area (Å²) in [6.07, 6.45) is 5.57. The van der Waals surface area contributed by atoms with E-state index in [0.717, 1.165) is 12.3 Å². The molecule has 2 rings (SSSR count). The van der Waals surface area contributed by atoms with E-state index in [-0.39, 0.29) is 5.82 Å². The van der Waals surface area contributed by atoms with Crippen LogP contribution in [0.3, 0.4) is 0 Å². The van der Waals surface area contributed by atoms with Crippen LogP contribution in [0.2, 0.25) is 0 Å². The van der Waals surface area contributed by atoms with Gasteiger partial charge in [-0.3, -0.25) is 0 Å². The summed E-state index contributed by atoms with van der Waals surface area (Å²) in [5, 5.41) is 3.27. The lowest BCUT2D eigenvalue weighted by molar-refractivity contribution is 0.391. The predicted octanol–water partition coefficient (Wildman–Crippen LogP) is 3.41. The van der Waals surface area contributed by atoms with Crippen molar-refractivity contribution < 1.29 is 4.39 Å². The van der Waals surface area contributed by atoms with Crippen molar-refractivity contribution in [3.63, 3.8) is 0 Å². The van der Waals surface area contributed by atoms with Gasteiger partial charge in [-0.1, -0.05) is 27.2 Å². The van der Waals surface area contributed by atoms with Crippen molar-refractivity contribution in [2.75, 3.05) is 5.32 Å². The first-order valence-electron chi connectivity index (χ1n) is 6.93. The lowest BCUT2D eigenvalue weighted by Gasteiger charge is -2.21.